The Morgan fingerprint density at radius 2 is 1.84 bits per heavy atom. The summed E-state index contributed by atoms with van der Waals surface area (Å²) in [5.74, 6) is -0.480. The van der Waals surface area contributed by atoms with Crippen LogP contribution in [-0.4, -0.2) is 35.6 Å². The first-order valence-electron chi connectivity index (χ1n) is 7.29. The van der Waals surface area contributed by atoms with Crippen LogP contribution in [0.1, 0.15) is 52.4 Å². The van der Waals surface area contributed by atoms with Crippen molar-refractivity contribution in [3.05, 3.63) is 0 Å². The number of rotatable bonds is 7. The number of hydrogen-bond donors (Lipinski definition) is 3. The van der Waals surface area contributed by atoms with Crippen molar-refractivity contribution in [2.75, 3.05) is 13.1 Å². The minimum Gasteiger partial charge on any atom is -0.480 e. The van der Waals surface area contributed by atoms with Gasteiger partial charge in [0.25, 0.3) is 0 Å². The molecule has 0 atom stereocenters. The van der Waals surface area contributed by atoms with E-state index in [9.17, 15) is 14.7 Å². The molecule has 3 N–H and O–H groups in total. The number of amides is 1. The molecule has 1 saturated heterocycles. The lowest BCUT2D eigenvalue weighted by atomic mass is 9.91. The van der Waals surface area contributed by atoms with Crippen molar-refractivity contribution >= 4 is 11.9 Å². The maximum atomic E-state index is 11.9. The Morgan fingerprint density at radius 1 is 1.26 bits per heavy atom. The normalized spacial score (nSPS) is 17.2. The van der Waals surface area contributed by atoms with Crippen LogP contribution in [0.3, 0.4) is 0 Å². The van der Waals surface area contributed by atoms with Crippen molar-refractivity contribution in [2.24, 2.45) is 5.92 Å². The molecular weight excluding hydrogens is 244 g/mol. The molecule has 5 nitrogen and oxygen atoms in total. The summed E-state index contributed by atoms with van der Waals surface area (Å²) in [6, 6.07) is 0. The van der Waals surface area contributed by atoms with E-state index >= 15 is 0 Å². The van der Waals surface area contributed by atoms with Gasteiger partial charge in [-0.25, -0.2) is 4.79 Å². The predicted molar refractivity (Wildman–Crippen MR) is 73.9 cm³/mol. The number of carbonyl (C=O) groups is 2. The monoisotopic (exact) mass is 270 g/mol. The first kappa shape index (κ1) is 16.0. The van der Waals surface area contributed by atoms with Crippen molar-refractivity contribution in [1.82, 2.24) is 10.6 Å². The van der Waals surface area contributed by atoms with E-state index in [1.165, 1.54) is 0 Å². The highest BCUT2D eigenvalue weighted by Gasteiger charge is 2.36. The van der Waals surface area contributed by atoms with Gasteiger partial charge >= 0.3 is 5.97 Å². The molecule has 0 radical (unpaired) electrons. The molecular formula is C14H26N2O3. The van der Waals surface area contributed by atoms with Crippen LogP contribution in [-0.2, 0) is 9.59 Å². The highest BCUT2D eigenvalue weighted by atomic mass is 16.4. The molecule has 1 fully saturated rings. The Kier molecular flexibility index (Phi) is 6.28. The lowest BCUT2D eigenvalue weighted by Crippen LogP contribution is -2.53. The second-order valence-electron chi connectivity index (χ2n) is 5.37. The number of carboxylic acids is 1. The van der Waals surface area contributed by atoms with E-state index in [1.807, 2.05) is 0 Å². The van der Waals surface area contributed by atoms with E-state index in [-0.39, 0.29) is 5.91 Å². The van der Waals surface area contributed by atoms with Gasteiger partial charge in [0.15, 0.2) is 0 Å². The summed E-state index contributed by atoms with van der Waals surface area (Å²) in [5.41, 5.74) is -1.09. The van der Waals surface area contributed by atoms with Crippen LogP contribution in [0.4, 0.5) is 0 Å². The number of aliphatic carboxylic acids is 1. The van der Waals surface area contributed by atoms with Gasteiger partial charge in [-0.3, -0.25) is 4.79 Å². The summed E-state index contributed by atoms with van der Waals surface area (Å²) in [5, 5.41) is 15.3. The van der Waals surface area contributed by atoms with Gasteiger partial charge in [-0.2, -0.15) is 0 Å². The van der Waals surface area contributed by atoms with E-state index in [4.69, 9.17) is 0 Å². The fourth-order valence-corrected chi connectivity index (χ4v) is 2.62. The van der Waals surface area contributed by atoms with Crippen molar-refractivity contribution in [3.63, 3.8) is 0 Å². The highest BCUT2D eigenvalue weighted by molar-refractivity contribution is 5.86. The molecule has 5 heteroatoms. The minimum absolute atomic E-state index is 0.135. The molecule has 1 rings (SSSR count). The smallest absolute Gasteiger partial charge is 0.329 e. The van der Waals surface area contributed by atoms with Crippen LogP contribution in [0.15, 0.2) is 0 Å². The first-order valence-corrected chi connectivity index (χ1v) is 7.29. The third-order valence-electron chi connectivity index (χ3n) is 4.23. The summed E-state index contributed by atoms with van der Waals surface area (Å²) >= 11 is 0. The van der Waals surface area contributed by atoms with Gasteiger partial charge in [-0.1, -0.05) is 13.8 Å². The molecule has 0 aromatic carbocycles. The summed E-state index contributed by atoms with van der Waals surface area (Å²) in [6.07, 6.45) is 4.34. The molecule has 1 aliphatic heterocycles. The molecule has 19 heavy (non-hydrogen) atoms. The standard InChI is InChI=1S/C14H26N2O3/c1-3-14(4-2,13(18)19)16-12(17)6-5-11-7-9-15-10-8-11/h11,15H,3-10H2,1-2H3,(H,16,17)(H,18,19). The second-order valence-corrected chi connectivity index (χ2v) is 5.37. The van der Waals surface area contributed by atoms with E-state index in [2.05, 4.69) is 10.6 Å². The average molecular weight is 270 g/mol. The summed E-state index contributed by atoms with van der Waals surface area (Å²) in [7, 11) is 0. The van der Waals surface area contributed by atoms with Gasteiger partial charge in [0, 0.05) is 6.42 Å². The maximum Gasteiger partial charge on any atom is 0.329 e. The molecule has 1 amide bonds. The van der Waals surface area contributed by atoms with Crippen LogP contribution < -0.4 is 10.6 Å². The largest absolute Gasteiger partial charge is 0.480 e. The molecule has 0 aromatic heterocycles. The third-order valence-corrected chi connectivity index (χ3v) is 4.23. The molecule has 110 valence electrons. The Bertz CT molecular complexity index is 308. The Balaban J connectivity index is 2.42. The Labute approximate surface area is 115 Å². The van der Waals surface area contributed by atoms with Gasteiger partial charge in [0.2, 0.25) is 5.91 Å². The molecule has 0 saturated carbocycles. The van der Waals surface area contributed by atoms with Gasteiger partial charge in [-0.15, -0.1) is 0 Å². The molecule has 1 heterocycles. The molecule has 0 aliphatic carbocycles. The Hall–Kier alpha value is -1.10. The van der Waals surface area contributed by atoms with Crippen LogP contribution in [0.2, 0.25) is 0 Å². The molecule has 0 unspecified atom stereocenters. The second kappa shape index (κ2) is 7.48. The third kappa shape index (κ3) is 4.49. The molecule has 0 spiro atoms. The average Bonchev–Trinajstić information content (AvgIpc) is 2.43. The van der Waals surface area contributed by atoms with E-state index in [0.29, 0.717) is 25.2 Å². The van der Waals surface area contributed by atoms with Crippen LogP contribution in [0.5, 0.6) is 0 Å². The number of nitrogens with one attached hydrogen (secondary N) is 2. The highest BCUT2D eigenvalue weighted by Crippen LogP contribution is 2.19. The zero-order valence-corrected chi connectivity index (χ0v) is 12.0. The molecule has 0 bridgehead atoms. The van der Waals surface area contributed by atoms with Crippen molar-refractivity contribution < 1.29 is 14.7 Å². The van der Waals surface area contributed by atoms with Gasteiger partial charge in [0.05, 0.1) is 0 Å². The van der Waals surface area contributed by atoms with E-state index in [1.54, 1.807) is 13.8 Å². The fourth-order valence-electron chi connectivity index (χ4n) is 2.62. The van der Waals surface area contributed by atoms with Crippen molar-refractivity contribution in [1.29, 1.82) is 0 Å². The number of carboxylic acid groups (broad SMARTS) is 1. The lowest BCUT2D eigenvalue weighted by molar-refractivity contribution is -0.148. The van der Waals surface area contributed by atoms with Gasteiger partial charge in [0.1, 0.15) is 5.54 Å². The Morgan fingerprint density at radius 3 is 2.32 bits per heavy atom. The van der Waals surface area contributed by atoms with Crippen LogP contribution in [0, 0.1) is 5.92 Å². The lowest BCUT2D eigenvalue weighted by Gasteiger charge is -2.28. The zero-order valence-electron chi connectivity index (χ0n) is 12.0. The van der Waals surface area contributed by atoms with E-state index in [0.717, 1.165) is 32.4 Å². The van der Waals surface area contributed by atoms with Gasteiger partial charge < -0.3 is 15.7 Å². The summed E-state index contributed by atoms with van der Waals surface area (Å²) < 4.78 is 0. The quantitative estimate of drug-likeness (QED) is 0.655. The topological polar surface area (TPSA) is 78.4 Å². The van der Waals surface area contributed by atoms with Crippen molar-refractivity contribution in [2.45, 2.75) is 57.9 Å². The summed E-state index contributed by atoms with van der Waals surface area (Å²) in [4.78, 5) is 23.2. The van der Waals surface area contributed by atoms with Crippen molar-refractivity contribution in [3.8, 4) is 0 Å². The number of carbonyl (C=O) groups excluding carboxylic acids is 1. The summed E-state index contributed by atoms with van der Waals surface area (Å²) in [6.45, 7) is 5.64. The maximum absolute atomic E-state index is 11.9. The molecule has 1 aliphatic rings. The zero-order chi connectivity index (χ0) is 14.3. The molecule has 0 aromatic rings. The fraction of sp³-hybridized carbons (Fsp3) is 0.857. The van der Waals surface area contributed by atoms with E-state index < -0.39 is 11.5 Å². The van der Waals surface area contributed by atoms with Crippen LogP contribution in [0.25, 0.3) is 0 Å². The number of piperidine rings is 1. The van der Waals surface area contributed by atoms with Crippen LogP contribution >= 0.6 is 0 Å². The predicted octanol–water partition coefficient (Wildman–Crippen LogP) is 1.53. The first-order chi connectivity index (χ1) is 9.04. The minimum atomic E-state index is -1.09. The SMILES string of the molecule is CCC(CC)(NC(=O)CCC1CCNCC1)C(=O)O. The number of hydrogen-bond acceptors (Lipinski definition) is 3. The van der Waals surface area contributed by atoms with Gasteiger partial charge in [-0.05, 0) is 51.1 Å².